The molecular formula is C9H16N2O3. The third-order valence-corrected chi connectivity index (χ3v) is 2.27. The van der Waals surface area contributed by atoms with E-state index in [1.165, 1.54) is 0 Å². The summed E-state index contributed by atoms with van der Waals surface area (Å²) in [7, 11) is 1.68. The summed E-state index contributed by atoms with van der Waals surface area (Å²) in [6.45, 7) is 0.239. The average molecular weight is 200 g/mol. The minimum atomic E-state index is -0.855. The van der Waals surface area contributed by atoms with E-state index in [-0.39, 0.29) is 24.9 Å². The Morgan fingerprint density at radius 2 is 2.14 bits per heavy atom. The van der Waals surface area contributed by atoms with Crippen LogP contribution in [0, 0.1) is 5.92 Å². The summed E-state index contributed by atoms with van der Waals surface area (Å²) < 4.78 is 0. The van der Waals surface area contributed by atoms with Crippen LogP contribution in [0.5, 0.6) is 0 Å². The maximum atomic E-state index is 11.2. The van der Waals surface area contributed by atoms with Crippen molar-refractivity contribution in [1.82, 2.24) is 10.6 Å². The Balaban J connectivity index is 2.34. The van der Waals surface area contributed by atoms with Crippen LogP contribution in [-0.4, -0.2) is 36.6 Å². The highest BCUT2D eigenvalue weighted by Crippen LogP contribution is 2.33. The van der Waals surface area contributed by atoms with Gasteiger partial charge >= 0.3 is 5.97 Å². The lowest BCUT2D eigenvalue weighted by Gasteiger charge is -2.15. The molecule has 5 heteroatoms. The second kappa shape index (κ2) is 4.95. The molecule has 5 nitrogen and oxygen atoms in total. The minimum absolute atomic E-state index is 0.0279. The fourth-order valence-electron chi connectivity index (χ4n) is 1.44. The van der Waals surface area contributed by atoms with Crippen LogP contribution in [0.2, 0.25) is 0 Å². The number of hydrogen-bond acceptors (Lipinski definition) is 3. The van der Waals surface area contributed by atoms with Crippen LogP contribution in [0.25, 0.3) is 0 Å². The van der Waals surface area contributed by atoms with E-state index in [1.54, 1.807) is 7.05 Å². The van der Waals surface area contributed by atoms with Gasteiger partial charge in [0, 0.05) is 6.04 Å². The molecule has 1 saturated carbocycles. The molecular weight excluding hydrogens is 184 g/mol. The lowest BCUT2D eigenvalue weighted by molar-refractivity contribution is -0.137. The summed E-state index contributed by atoms with van der Waals surface area (Å²) in [6, 6.07) is -0.187. The molecule has 0 aromatic carbocycles. The molecule has 0 heterocycles. The molecule has 80 valence electrons. The van der Waals surface area contributed by atoms with E-state index in [1.807, 2.05) is 0 Å². The van der Waals surface area contributed by atoms with Gasteiger partial charge in [-0.15, -0.1) is 0 Å². The zero-order valence-electron chi connectivity index (χ0n) is 8.25. The molecule has 0 spiro atoms. The van der Waals surface area contributed by atoms with E-state index in [2.05, 4.69) is 10.6 Å². The van der Waals surface area contributed by atoms with E-state index in [4.69, 9.17) is 5.11 Å². The van der Waals surface area contributed by atoms with Gasteiger partial charge in [0.25, 0.3) is 0 Å². The third kappa shape index (κ3) is 3.74. The zero-order chi connectivity index (χ0) is 10.6. The second-order valence-corrected chi connectivity index (χ2v) is 3.64. The zero-order valence-corrected chi connectivity index (χ0v) is 8.25. The quantitative estimate of drug-likeness (QED) is 0.544. The van der Waals surface area contributed by atoms with Crippen LogP contribution in [0.15, 0.2) is 0 Å². The molecule has 0 aliphatic heterocycles. The maximum Gasteiger partial charge on any atom is 0.305 e. The first-order valence-corrected chi connectivity index (χ1v) is 4.79. The molecule has 1 atom stereocenters. The summed E-state index contributed by atoms with van der Waals surface area (Å²) in [5, 5.41) is 14.1. The Hall–Kier alpha value is -1.10. The monoisotopic (exact) mass is 200 g/mol. The smallest absolute Gasteiger partial charge is 0.305 e. The molecule has 0 radical (unpaired) electrons. The minimum Gasteiger partial charge on any atom is -0.481 e. The van der Waals surface area contributed by atoms with Gasteiger partial charge < -0.3 is 15.7 Å². The lowest BCUT2D eigenvalue weighted by Crippen LogP contribution is -2.41. The Morgan fingerprint density at radius 3 is 2.57 bits per heavy atom. The molecule has 0 saturated heterocycles. The number of carbonyl (C=O) groups excluding carboxylic acids is 1. The Morgan fingerprint density at radius 1 is 1.50 bits per heavy atom. The largest absolute Gasteiger partial charge is 0.481 e. The summed E-state index contributed by atoms with van der Waals surface area (Å²) in [6.07, 6.45) is 2.08. The molecule has 1 fully saturated rings. The number of hydrogen-bond donors (Lipinski definition) is 3. The van der Waals surface area contributed by atoms with Gasteiger partial charge in [-0.05, 0) is 25.8 Å². The first-order chi connectivity index (χ1) is 6.63. The number of rotatable bonds is 6. The van der Waals surface area contributed by atoms with E-state index in [9.17, 15) is 9.59 Å². The number of likely N-dealkylation sites (N-methyl/N-ethyl adjacent to an activating group) is 1. The van der Waals surface area contributed by atoms with Crippen LogP contribution >= 0.6 is 0 Å². The Bertz CT molecular complexity index is 226. The molecule has 1 rings (SSSR count). The van der Waals surface area contributed by atoms with Gasteiger partial charge in [0.05, 0.1) is 13.0 Å². The van der Waals surface area contributed by atoms with Crippen molar-refractivity contribution < 1.29 is 14.7 Å². The van der Waals surface area contributed by atoms with Crippen molar-refractivity contribution in [3.63, 3.8) is 0 Å². The normalized spacial score (nSPS) is 17.5. The van der Waals surface area contributed by atoms with Crippen LogP contribution in [0.1, 0.15) is 19.3 Å². The lowest BCUT2D eigenvalue weighted by atomic mass is 10.1. The van der Waals surface area contributed by atoms with Gasteiger partial charge in [-0.3, -0.25) is 9.59 Å². The molecule has 1 aliphatic rings. The van der Waals surface area contributed by atoms with Gasteiger partial charge in [-0.25, -0.2) is 0 Å². The highest BCUT2D eigenvalue weighted by Gasteiger charge is 2.33. The molecule has 1 amide bonds. The molecule has 0 bridgehead atoms. The van der Waals surface area contributed by atoms with Crippen molar-refractivity contribution in [2.24, 2.45) is 5.92 Å². The van der Waals surface area contributed by atoms with Gasteiger partial charge in [0.1, 0.15) is 0 Å². The van der Waals surface area contributed by atoms with Crippen molar-refractivity contribution in [1.29, 1.82) is 0 Å². The maximum absolute atomic E-state index is 11.2. The number of aliphatic carboxylic acids is 1. The summed E-state index contributed by atoms with van der Waals surface area (Å²) in [5.74, 6) is -0.621. The SMILES string of the molecule is CNCC(=O)NC(CC(=O)O)C1CC1. The molecule has 1 aliphatic carbocycles. The van der Waals surface area contributed by atoms with Gasteiger partial charge in [-0.1, -0.05) is 0 Å². The van der Waals surface area contributed by atoms with E-state index in [0.29, 0.717) is 5.92 Å². The van der Waals surface area contributed by atoms with E-state index in [0.717, 1.165) is 12.8 Å². The third-order valence-electron chi connectivity index (χ3n) is 2.27. The molecule has 14 heavy (non-hydrogen) atoms. The highest BCUT2D eigenvalue weighted by molar-refractivity contribution is 5.79. The van der Waals surface area contributed by atoms with Gasteiger partial charge in [-0.2, -0.15) is 0 Å². The van der Waals surface area contributed by atoms with Crippen molar-refractivity contribution in [3.8, 4) is 0 Å². The predicted molar refractivity (Wildman–Crippen MR) is 50.8 cm³/mol. The highest BCUT2D eigenvalue weighted by atomic mass is 16.4. The number of carbonyl (C=O) groups is 2. The second-order valence-electron chi connectivity index (χ2n) is 3.64. The molecule has 1 unspecified atom stereocenters. The number of nitrogens with one attached hydrogen (secondary N) is 2. The number of carboxylic acid groups (broad SMARTS) is 1. The van der Waals surface area contributed by atoms with Crippen LogP contribution in [0.3, 0.4) is 0 Å². The summed E-state index contributed by atoms with van der Waals surface area (Å²) >= 11 is 0. The Kier molecular flexibility index (Phi) is 3.88. The van der Waals surface area contributed by atoms with Crippen LogP contribution in [-0.2, 0) is 9.59 Å². The molecule has 0 aromatic heterocycles. The van der Waals surface area contributed by atoms with E-state index >= 15 is 0 Å². The topological polar surface area (TPSA) is 78.4 Å². The first-order valence-electron chi connectivity index (χ1n) is 4.79. The fourth-order valence-corrected chi connectivity index (χ4v) is 1.44. The molecule has 0 aromatic rings. The van der Waals surface area contributed by atoms with Crippen molar-refractivity contribution >= 4 is 11.9 Å². The molecule has 3 N–H and O–H groups in total. The predicted octanol–water partition coefficient (Wildman–Crippen LogP) is -0.425. The van der Waals surface area contributed by atoms with Gasteiger partial charge in [0.15, 0.2) is 0 Å². The first kappa shape index (κ1) is 11.0. The summed E-state index contributed by atoms with van der Waals surface area (Å²) in [4.78, 5) is 21.7. The van der Waals surface area contributed by atoms with Gasteiger partial charge in [0.2, 0.25) is 5.91 Å². The summed E-state index contributed by atoms with van der Waals surface area (Å²) in [5.41, 5.74) is 0. The van der Waals surface area contributed by atoms with Crippen molar-refractivity contribution in [3.05, 3.63) is 0 Å². The van der Waals surface area contributed by atoms with Crippen molar-refractivity contribution in [2.75, 3.05) is 13.6 Å². The standard InChI is InChI=1S/C9H16N2O3/c1-10-5-8(12)11-7(4-9(13)14)6-2-3-6/h6-7,10H,2-5H2,1H3,(H,11,12)(H,13,14). The van der Waals surface area contributed by atoms with Crippen LogP contribution < -0.4 is 10.6 Å². The number of amides is 1. The number of carboxylic acids is 1. The Labute approximate surface area is 82.9 Å². The van der Waals surface area contributed by atoms with Crippen LogP contribution in [0.4, 0.5) is 0 Å². The van der Waals surface area contributed by atoms with Crippen molar-refractivity contribution in [2.45, 2.75) is 25.3 Å². The average Bonchev–Trinajstić information content (AvgIpc) is 2.84. The fraction of sp³-hybridized carbons (Fsp3) is 0.778. The van der Waals surface area contributed by atoms with E-state index < -0.39 is 5.97 Å².